The third-order valence-electron chi connectivity index (χ3n) is 5.61. The lowest BCUT2D eigenvalue weighted by Crippen LogP contribution is -2.41. The van der Waals surface area contributed by atoms with E-state index in [1.807, 2.05) is 54.6 Å². The molecule has 1 fully saturated rings. The number of hydrogen-bond acceptors (Lipinski definition) is 4. The summed E-state index contributed by atoms with van der Waals surface area (Å²) in [5.41, 5.74) is 2.66. The lowest BCUT2D eigenvalue weighted by atomic mass is 10.0. The zero-order valence-corrected chi connectivity index (χ0v) is 17.4. The first kappa shape index (κ1) is 20.9. The molecule has 6 nitrogen and oxygen atoms in total. The highest BCUT2D eigenvalue weighted by Gasteiger charge is 2.25. The van der Waals surface area contributed by atoms with Crippen molar-refractivity contribution in [2.45, 2.75) is 18.9 Å². The second-order valence-electron chi connectivity index (χ2n) is 7.70. The fraction of sp³-hybridized carbons (Fsp3) is 0.280. The molecule has 31 heavy (non-hydrogen) atoms. The molecule has 0 radical (unpaired) electrons. The van der Waals surface area contributed by atoms with Gasteiger partial charge in [-0.05, 0) is 61.3 Å². The molecule has 1 saturated heterocycles. The molecule has 2 aromatic carbocycles. The molecular weight excluding hydrogens is 390 g/mol. The fourth-order valence-corrected chi connectivity index (χ4v) is 3.92. The van der Waals surface area contributed by atoms with Crippen LogP contribution < -0.4 is 10.6 Å². The van der Waals surface area contributed by atoms with Crippen molar-refractivity contribution in [3.8, 4) is 11.1 Å². The Bertz CT molecular complexity index is 979. The molecule has 2 heterocycles. The molecule has 1 aliphatic heterocycles. The minimum Gasteiger partial charge on any atom is -0.468 e. The van der Waals surface area contributed by atoms with E-state index in [9.17, 15) is 9.59 Å². The molecule has 6 heteroatoms. The van der Waals surface area contributed by atoms with Gasteiger partial charge < -0.3 is 15.1 Å². The van der Waals surface area contributed by atoms with E-state index in [0.29, 0.717) is 12.1 Å². The van der Waals surface area contributed by atoms with Crippen molar-refractivity contribution < 1.29 is 14.0 Å². The number of nitrogens with zero attached hydrogens (tertiary/aromatic N) is 1. The highest BCUT2D eigenvalue weighted by Crippen LogP contribution is 2.24. The number of furan rings is 1. The fourth-order valence-electron chi connectivity index (χ4n) is 3.92. The molecule has 0 saturated carbocycles. The number of nitrogens with one attached hydrogen (secondary N) is 2. The van der Waals surface area contributed by atoms with Gasteiger partial charge in [0.05, 0.1) is 18.8 Å². The molecule has 0 aliphatic carbocycles. The monoisotopic (exact) mass is 417 g/mol. The average Bonchev–Trinajstić information content (AvgIpc) is 3.54. The van der Waals surface area contributed by atoms with Crippen LogP contribution in [0.5, 0.6) is 0 Å². The summed E-state index contributed by atoms with van der Waals surface area (Å²) in [6, 6.07) is 21.2. The van der Waals surface area contributed by atoms with Gasteiger partial charge in [0.25, 0.3) is 5.91 Å². The van der Waals surface area contributed by atoms with Crippen molar-refractivity contribution in [1.82, 2.24) is 15.5 Å². The van der Waals surface area contributed by atoms with Crippen molar-refractivity contribution in [1.29, 1.82) is 0 Å². The number of benzene rings is 2. The van der Waals surface area contributed by atoms with E-state index in [-0.39, 0.29) is 24.4 Å². The maximum absolute atomic E-state index is 12.4. The van der Waals surface area contributed by atoms with Crippen LogP contribution in [0.3, 0.4) is 0 Å². The topological polar surface area (TPSA) is 74.6 Å². The van der Waals surface area contributed by atoms with Crippen LogP contribution in [0.15, 0.2) is 77.4 Å². The van der Waals surface area contributed by atoms with Gasteiger partial charge in [-0.1, -0.05) is 42.5 Å². The Balaban J connectivity index is 1.27. The van der Waals surface area contributed by atoms with E-state index in [2.05, 4.69) is 15.5 Å². The molecular formula is C25H27N3O3. The quantitative estimate of drug-likeness (QED) is 0.587. The summed E-state index contributed by atoms with van der Waals surface area (Å²) in [7, 11) is 0. The Labute approximate surface area is 182 Å². The van der Waals surface area contributed by atoms with Crippen LogP contribution in [0.25, 0.3) is 11.1 Å². The first-order valence-corrected chi connectivity index (χ1v) is 10.7. The zero-order valence-electron chi connectivity index (χ0n) is 17.4. The van der Waals surface area contributed by atoms with Gasteiger partial charge in [0.2, 0.25) is 5.91 Å². The van der Waals surface area contributed by atoms with Gasteiger partial charge in [0.15, 0.2) is 0 Å². The lowest BCUT2D eigenvalue weighted by molar-refractivity contribution is -0.120. The molecule has 4 rings (SSSR count). The SMILES string of the molecule is O=C(CNC(=O)c1ccc(-c2ccccc2)cc1)NCC(c1ccco1)N1CCCC1. The molecule has 1 aromatic heterocycles. The molecule has 0 spiro atoms. The largest absolute Gasteiger partial charge is 0.468 e. The Morgan fingerprint density at radius 3 is 2.26 bits per heavy atom. The summed E-state index contributed by atoms with van der Waals surface area (Å²) in [4.78, 5) is 27.1. The van der Waals surface area contributed by atoms with Crippen LogP contribution in [0.1, 0.15) is 35.0 Å². The predicted octanol–water partition coefficient (Wildman–Crippen LogP) is 3.63. The molecule has 1 unspecified atom stereocenters. The van der Waals surface area contributed by atoms with Gasteiger partial charge >= 0.3 is 0 Å². The van der Waals surface area contributed by atoms with E-state index in [1.165, 1.54) is 0 Å². The average molecular weight is 418 g/mol. The Morgan fingerprint density at radius 2 is 1.58 bits per heavy atom. The number of carbonyl (C=O) groups excluding carboxylic acids is 2. The number of carbonyl (C=O) groups is 2. The second-order valence-corrected chi connectivity index (χ2v) is 7.70. The number of rotatable bonds is 8. The first-order valence-electron chi connectivity index (χ1n) is 10.7. The van der Waals surface area contributed by atoms with Gasteiger partial charge in [0.1, 0.15) is 5.76 Å². The van der Waals surface area contributed by atoms with Crippen molar-refractivity contribution in [3.63, 3.8) is 0 Å². The summed E-state index contributed by atoms with van der Waals surface area (Å²) >= 11 is 0. The van der Waals surface area contributed by atoms with E-state index in [4.69, 9.17) is 4.42 Å². The minimum absolute atomic E-state index is 0.0164. The van der Waals surface area contributed by atoms with Crippen LogP contribution in [-0.2, 0) is 4.79 Å². The third-order valence-corrected chi connectivity index (χ3v) is 5.61. The molecule has 2 amide bonds. The van der Waals surface area contributed by atoms with Crippen LogP contribution in [0.4, 0.5) is 0 Å². The molecule has 2 N–H and O–H groups in total. The van der Waals surface area contributed by atoms with E-state index < -0.39 is 0 Å². The minimum atomic E-state index is -0.267. The molecule has 1 atom stereocenters. The first-order chi connectivity index (χ1) is 15.2. The molecule has 0 bridgehead atoms. The maximum Gasteiger partial charge on any atom is 0.251 e. The van der Waals surface area contributed by atoms with E-state index in [1.54, 1.807) is 18.4 Å². The smallest absolute Gasteiger partial charge is 0.251 e. The van der Waals surface area contributed by atoms with Gasteiger partial charge in [-0.3, -0.25) is 14.5 Å². The third kappa shape index (κ3) is 5.41. The molecule has 1 aliphatic rings. The number of likely N-dealkylation sites (tertiary alicyclic amines) is 1. The number of hydrogen-bond donors (Lipinski definition) is 2. The standard InChI is InChI=1S/C25H27N3O3/c29-24(26-17-22(23-9-6-16-31-23)28-14-4-5-15-28)18-27-25(30)21-12-10-20(11-13-21)19-7-2-1-3-8-19/h1-3,6-13,16,22H,4-5,14-15,17-18H2,(H,26,29)(H,27,30). The van der Waals surface area contributed by atoms with Crippen LogP contribution in [-0.4, -0.2) is 42.9 Å². The van der Waals surface area contributed by atoms with Gasteiger partial charge in [-0.25, -0.2) is 0 Å². The summed E-state index contributed by atoms with van der Waals surface area (Å²) in [6.07, 6.45) is 3.97. The summed E-state index contributed by atoms with van der Waals surface area (Å²) < 4.78 is 5.58. The predicted molar refractivity (Wildman–Crippen MR) is 119 cm³/mol. The highest BCUT2D eigenvalue weighted by atomic mass is 16.3. The highest BCUT2D eigenvalue weighted by molar-refractivity contribution is 5.96. The van der Waals surface area contributed by atoms with Crippen LogP contribution in [0.2, 0.25) is 0 Å². The van der Waals surface area contributed by atoms with Crippen molar-refractivity contribution in [2.75, 3.05) is 26.2 Å². The summed E-state index contributed by atoms with van der Waals surface area (Å²) in [5.74, 6) is 0.367. The van der Waals surface area contributed by atoms with Gasteiger partial charge in [-0.2, -0.15) is 0 Å². The summed E-state index contributed by atoms with van der Waals surface area (Å²) in [5, 5.41) is 5.63. The Morgan fingerprint density at radius 1 is 0.871 bits per heavy atom. The summed E-state index contributed by atoms with van der Waals surface area (Å²) in [6.45, 7) is 2.38. The van der Waals surface area contributed by atoms with Gasteiger partial charge in [-0.15, -0.1) is 0 Å². The van der Waals surface area contributed by atoms with E-state index in [0.717, 1.165) is 42.8 Å². The normalized spacial score (nSPS) is 14.8. The maximum atomic E-state index is 12.4. The number of amides is 2. The van der Waals surface area contributed by atoms with E-state index >= 15 is 0 Å². The van der Waals surface area contributed by atoms with Gasteiger partial charge in [0, 0.05) is 12.1 Å². The molecule has 3 aromatic rings. The van der Waals surface area contributed by atoms with Crippen molar-refractivity contribution >= 4 is 11.8 Å². The molecule has 160 valence electrons. The van der Waals surface area contributed by atoms with Crippen molar-refractivity contribution in [2.24, 2.45) is 0 Å². The Kier molecular flexibility index (Phi) is 6.79. The van der Waals surface area contributed by atoms with Crippen LogP contribution in [0, 0.1) is 0 Å². The van der Waals surface area contributed by atoms with Crippen molar-refractivity contribution in [3.05, 3.63) is 84.3 Å². The zero-order chi connectivity index (χ0) is 21.5. The Hall–Kier alpha value is -3.38. The second kappa shape index (κ2) is 10.1. The van der Waals surface area contributed by atoms with Crippen LogP contribution >= 0.6 is 0 Å². The lowest BCUT2D eigenvalue weighted by Gasteiger charge is -2.26.